The van der Waals surface area contributed by atoms with Gasteiger partial charge in [0.15, 0.2) is 11.5 Å². The highest BCUT2D eigenvalue weighted by atomic mass is 35.5. The van der Waals surface area contributed by atoms with E-state index in [1.807, 2.05) is 61.3 Å². The average Bonchev–Trinajstić information content (AvgIpc) is 3.53. The van der Waals surface area contributed by atoms with E-state index < -0.39 is 0 Å². The number of benzene rings is 1. The first kappa shape index (κ1) is 20.9. The first-order chi connectivity index (χ1) is 16.0. The van der Waals surface area contributed by atoms with Crippen molar-refractivity contribution in [2.75, 3.05) is 5.32 Å². The minimum Gasteiger partial charge on any atom is -0.305 e. The van der Waals surface area contributed by atoms with Crippen molar-refractivity contribution >= 4 is 29.0 Å². The molecule has 1 amide bonds. The van der Waals surface area contributed by atoms with Crippen molar-refractivity contribution in [3.05, 3.63) is 83.0 Å². The maximum Gasteiger partial charge on any atom is 0.262 e. The van der Waals surface area contributed by atoms with Crippen molar-refractivity contribution < 1.29 is 4.79 Å². The lowest BCUT2D eigenvalue weighted by Gasteiger charge is -2.04. The molecule has 166 valence electrons. The maximum atomic E-state index is 13.0. The van der Waals surface area contributed by atoms with Gasteiger partial charge in [-0.15, -0.1) is 0 Å². The van der Waals surface area contributed by atoms with Gasteiger partial charge in [-0.3, -0.25) is 14.2 Å². The molecule has 5 rings (SSSR count). The van der Waals surface area contributed by atoms with Gasteiger partial charge in [0, 0.05) is 41.8 Å². The Balaban J connectivity index is 1.38. The fourth-order valence-electron chi connectivity index (χ4n) is 3.66. The third-order valence-electron chi connectivity index (χ3n) is 5.33. The van der Waals surface area contributed by atoms with Crippen molar-refractivity contribution in [1.29, 1.82) is 0 Å². The van der Waals surface area contributed by atoms with Gasteiger partial charge in [-0.1, -0.05) is 23.7 Å². The van der Waals surface area contributed by atoms with E-state index in [4.69, 9.17) is 11.6 Å². The van der Waals surface area contributed by atoms with E-state index in [-0.39, 0.29) is 5.91 Å². The van der Waals surface area contributed by atoms with E-state index in [1.165, 1.54) is 6.20 Å². The van der Waals surface area contributed by atoms with Gasteiger partial charge in [-0.05, 0) is 37.6 Å². The third kappa shape index (κ3) is 4.10. The van der Waals surface area contributed by atoms with Gasteiger partial charge in [-0.25, -0.2) is 9.50 Å². The Bertz CT molecular complexity index is 1450. The number of rotatable bonds is 6. The molecule has 10 heteroatoms. The molecular weight excluding hydrogens is 440 g/mol. The zero-order chi connectivity index (χ0) is 22.9. The molecule has 0 unspecified atom stereocenters. The monoisotopic (exact) mass is 460 g/mol. The van der Waals surface area contributed by atoms with Crippen molar-refractivity contribution in [2.24, 2.45) is 0 Å². The summed E-state index contributed by atoms with van der Waals surface area (Å²) >= 11 is 5.94. The average molecular weight is 461 g/mol. The summed E-state index contributed by atoms with van der Waals surface area (Å²) in [4.78, 5) is 17.4. The number of halogens is 1. The lowest BCUT2D eigenvalue weighted by atomic mass is 10.2. The maximum absolute atomic E-state index is 13.0. The van der Waals surface area contributed by atoms with E-state index in [0.29, 0.717) is 28.6 Å². The number of hydrogen-bond acceptors (Lipinski definition) is 5. The fourth-order valence-corrected chi connectivity index (χ4v) is 3.79. The zero-order valence-electron chi connectivity index (χ0n) is 18.1. The number of carbonyl (C=O) groups excluding carboxylic acids is 1. The first-order valence-electron chi connectivity index (χ1n) is 10.5. The molecule has 0 bridgehead atoms. The van der Waals surface area contributed by atoms with Crippen LogP contribution in [0.4, 0.5) is 5.82 Å². The summed E-state index contributed by atoms with van der Waals surface area (Å²) in [7, 11) is 0. The van der Waals surface area contributed by atoms with Crippen LogP contribution in [0.25, 0.3) is 16.9 Å². The van der Waals surface area contributed by atoms with Crippen molar-refractivity contribution in [1.82, 2.24) is 34.2 Å². The highest BCUT2D eigenvalue weighted by Gasteiger charge is 2.19. The standard InChI is InChI=1S/C23H21ClN8O/c1-3-30-14-19(15(2)28-30)20-8-10-25-22-18(12-26-32(20)22)23(33)27-21-9-11-31(29-21)13-16-4-6-17(24)7-5-16/h4-12,14H,3,13H2,1-2H3,(H,27,29,33). The normalized spacial score (nSPS) is 11.2. The Kier molecular flexibility index (Phi) is 5.39. The fraction of sp³-hybridized carbons (Fsp3) is 0.174. The van der Waals surface area contributed by atoms with Gasteiger partial charge < -0.3 is 5.32 Å². The summed E-state index contributed by atoms with van der Waals surface area (Å²) in [5.74, 6) is 0.122. The van der Waals surface area contributed by atoms with Gasteiger partial charge in [-0.2, -0.15) is 15.3 Å². The molecule has 4 heterocycles. The molecule has 0 aliphatic rings. The van der Waals surface area contributed by atoms with E-state index in [9.17, 15) is 4.79 Å². The number of fused-ring (bicyclic) bond motifs is 1. The van der Waals surface area contributed by atoms with Crippen molar-refractivity contribution in [3.8, 4) is 11.3 Å². The van der Waals surface area contributed by atoms with Crippen LogP contribution in [0.2, 0.25) is 5.02 Å². The Morgan fingerprint density at radius 3 is 2.67 bits per heavy atom. The second kappa shape index (κ2) is 8.51. The number of anilines is 1. The molecule has 0 spiro atoms. The molecule has 4 aromatic heterocycles. The predicted octanol–water partition coefficient (Wildman–Crippen LogP) is 4.07. The summed E-state index contributed by atoms with van der Waals surface area (Å²) in [5, 5.41) is 16.9. The van der Waals surface area contributed by atoms with Crippen LogP contribution in [-0.2, 0) is 13.1 Å². The van der Waals surface area contributed by atoms with E-state index in [2.05, 4.69) is 25.6 Å². The molecule has 0 saturated carbocycles. The number of nitrogens with zero attached hydrogens (tertiary/aromatic N) is 7. The topological polar surface area (TPSA) is 94.9 Å². The second-order valence-corrected chi connectivity index (χ2v) is 8.02. The van der Waals surface area contributed by atoms with E-state index >= 15 is 0 Å². The molecule has 0 aliphatic heterocycles. The first-order valence-corrected chi connectivity index (χ1v) is 10.9. The number of aryl methyl sites for hydroxylation is 2. The second-order valence-electron chi connectivity index (χ2n) is 7.59. The third-order valence-corrected chi connectivity index (χ3v) is 5.58. The molecule has 0 aliphatic carbocycles. The molecule has 5 aromatic rings. The molecule has 0 saturated heterocycles. The number of hydrogen-bond donors (Lipinski definition) is 1. The summed E-state index contributed by atoms with van der Waals surface area (Å²) in [6.45, 7) is 5.32. The summed E-state index contributed by atoms with van der Waals surface area (Å²) in [5.41, 5.74) is 4.54. The minimum atomic E-state index is -0.327. The van der Waals surface area contributed by atoms with Crippen molar-refractivity contribution in [2.45, 2.75) is 26.9 Å². The molecule has 0 fully saturated rings. The SMILES string of the molecule is CCn1cc(-c2ccnc3c(C(=O)Nc4ccn(Cc5ccc(Cl)cc5)n4)cnn23)c(C)n1. The lowest BCUT2D eigenvalue weighted by molar-refractivity contribution is 0.102. The lowest BCUT2D eigenvalue weighted by Crippen LogP contribution is -2.13. The number of nitrogens with one attached hydrogen (secondary N) is 1. The molecule has 0 atom stereocenters. The molecular formula is C23H21ClN8O. The smallest absolute Gasteiger partial charge is 0.262 e. The zero-order valence-corrected chi connectivity index (χ0v) is 18.9. The van der Waals surface area contributed by atoms with Crippen LogP contribution >= 0.6 is 11.6 Å². The highest BCUT2D eigenvalue weighted by molar-refractivity contribution is 6.30. The number of aromatic nitrogens is 7. The van der Waals surface area contributed by atoms with Crippen LogP contribution in [0.15, 0.2) is 61.2 Å². The Labute approximate surface area is 194 Å². The quantitative estimate of drug-likeness (QED) is 0.412. The Morgan fingerprint density at radius 1 is 1.09 bits per heavy atom. The summed E-state index contributed by atoms with van der Waals surface area (Å²) in [6.07, 6.45) is 6.97. The van der Waals surface area contributed by atoms with E-state index in [0.717, 1.165) is 29.1 Å². The molecule has 1 N–H and O–H groups in total. The van der Waals surface area contributed by atoms with Crippen LogP contribution in [-0.4, -0.2) is 40.1 Å². The van der Waals surface area contributed by atoms with Gasteiger partial charge in [0.05, 0.1) is 24.1 Å². The van der Waals surface area contributed by atoms with Crippen LogP contribution in [0, 0.1) is 6.92 Å². The van der Waals surface area contributed by atoms with Gasteiger partial charge in [0.2, 0.25) is 0 Å². The molecule has 0 radical (unpaired) electrons. The minimum absolute atomic E-state index is 0.327. The Hall–Kier alpha value is -3.98. The van der Waals surface area contributed by atoms with Crippen molar-refractivity contribution in [3.63, 3.8) is 0 Å². The van der Waals surface area contributed by atoms with Crippen LogP contribution in [0.3, 0.4) is 0 Å². The molecule has 1 aromatic carbocycles. The van der Waals surface area contributed by atoms with E-state index in [1.54, 1.807) is 21.5 Å². The van der Waals surface area contributed by atoms with Gasteiger partial charge >= 0.3 is 0 Å². The van der Waals surface area contributed by atoms with Gasteiger partial charge in [0.1, 0.15) is 5.56 Å². The largest absolute Gasteiger partial charge is 0.305 e. The Morgan fingerprint density at radius 2 is 1.91 bits per heavy atom. The van der Waals surface area contributed by atoms with Crippen LogP contribution in [0.5, 0.6) is 0 Å². The van der Waals surface area contributed by atoms with Gasteiger partial charge in [0.25, 0.3) is 5.91 Å². The summed E-state index contributed by atoms with van der Waals surface area (Å²) < 4.78 is 5.28. The number of carbonyl (C=O) groups is 1. The van der Waals surface area contributed by atoms with Crippen LogP contribution < -0.4 is 5.32 Å². The van der Waals surface area contributed by atoms with Crippen LogP contribution in [0.1, 0.15) is 28.5 Å². The number of amides is 1. The summed E-state index contributed by atoms with van der Waals surface area (Å²) in [6, 6.07) is 11.2. The molecule has 33 heavy (non-hydrogen) atoms. The highest BCUT2D eigenvalue weighted by Crippen LogP contribution is 2.24. The predicted molar refractivity (Wildman–Crippen MR) is 125 cm³/mol. The molecule has 9 nitrogen and oxygen atoms in total.